The van der Waals surface area contributed by atoms with Gasteiger partial charge < -0.3 is 43.4 Å². The number of carbonyl (C=O) groups is 2. The van der Waals surface area contributed by atoms with Gasteiger partial charge in [0.1, 0.15) is 29.9 Å². The van der Waals surface area contributed by atoms with Crippen LogP contribution >= 0.6 is 11.8 Å². The van der Waals surface area contributed by atoms with Gasteiger partial charge in [-0.1, -0.05) is 24.3 Å². The number of carbonyl (C=O) groups excluding carboxylic acids is 2. The van der Waals surface area contributed by atoms with E-state index >= 15 is 0 Å². The van der Waals surface area contributed by atoms with Gasteiger partial charge in [0.15, 0.2) is 28.5 Å². The Hall–Kier alpha value is -4.51. The molecule has 8 atom stereocenters. The number of furan rings is 1. The second-order valence-corrected chi connectivity index (χ2v) is 16.8. The van der Waals surface area contributed by atoms with Crippen LogP contribution in [-0.4, -0.2) is 101 Å². The third kappa shape index (κ3) is 4.75. The number of hydrogen-bond acceptors (Lipinski definition) is 15. The molecule has 1 spiro atoms. The lowest BCUT2D eigenvalue weighted by molar-refractivity contribution is -0.186. The maximum atomic E-state index is 14.9. The predicted octanol–water partition coefficient (Wildman–Crippen LogP) is 3.81. The van der Waals surface area contributed by atoms with E-state index < -0.39 is 59.2 Å². The van der Waals surface area contributed by atoms with Crippen LogP contribution in [0.25, 0.3) is 11.0 Å². The minimum atomic E-state index is -1.53. The average molecular weight is 786 g/mol. The molecule has 0 saturated carbocycles. The van der Waals surface area contributed by atoms with E-state index in [0.717, 1.165) is 22.1 Å². The zero-order chi connectivity index (χ0) is 38.9. The van der Waals surface area contributed by atoms with Crippen LogP contribution in [0.15, 0.2) is 34.7 Å². The summed E-state index contributed by atoms with van der Waals surface area (Å²) in [5.41, 5.74) is 4.13. The Bertz CT molecular complexity index is 2350. The van der Waals surface area contributed by atoms with Gasteiger partial charge in [0.05, 0.1) is 37.1 Å². The van der Waals surface area contributed by atoms with Crippen molar-refractivity contribution in [2.45, 2.75) is 80.8 Å². The van der Waals surface area contributed by atoms with Gasteiger partial charge in [-0.25, -0.2) is 4.79 Å². The molecular formula is C41H43N3O11S. The fourth-order valence-electron chi connectivity index (χ4n) is 10.5. The molecule has 1 aromatic heterocycles. The van der Waals surface area contributed by atoms with E-state index in [-0.39, 0.29) is 31.5 Å². The summed E-state index contributed by atoms with van der Waals surface area (Å²) in [5, 5.41) is 39.0. The van der Waals surface area contributed by atoms with Gasteiger partial charge in [-0.05, 0) is 50.9 Å². The van der Waals surface area contributed by atoms with Gasteiger partial charge in [-0.3, -0.25) is 19.9 Å². The van der Waals surface area contributed by atoms with Gasteiger partial charge in [-0.15, -0.1) is 11.8 Å². The molecule has 4 N–H and O–H groups in total. The molecule has 4 bridgehead atoms. The summed E-state index contributed by atoms with van der Waals surface area (Å²) >= 11 is 1.43. The summed E-state index contributed by atoms with van der Waals surface area (Å²) in [4.78, 5) is 32.0. The number of fused-ring (bicyclic) bond motifs is 11. The van der Waals surface area contributed by atoms with Crippen molar-refractivity contribution >= 4 is 34.7 Å². The number of aliphatic hydroxyl groups excluding tert-OH is 2. The number of thioether (sulfide) groups is 1. The van der Waals surface area contributed by atoms with Gasteiger partial charge in [0.25, 0.3) is 0 Å². The molecule has 1 unspecified atom stereocenters. The number of rotatable bonds is 3. The molecule has 0 amide bonds. The minimum absolute atomic E-state index is 0.0314. The van der Waals surface area contributed by atoms with Crippen molar-refractivity contribution in [2.24, 2.45) is 0 Å². The monoisotopic (exact) mass is 785 g/mol. The summed E-state index contributed by atoms with van der Waals surface area (Å²) in [6.45, 7) is 4.53. The normalized spacial score (nSPS) is 30.3. The smallest absolute Gasteiger partial charge is 0.335 e. The number of piperazine rings is 1. The van der Waals surface area contributed by atoms with Crippen LogP contribution in [0.5, 0.6) is 28.7 Å². The number of ether oxygens (including phenoxy) is 5. The van der Waals surface area contributed by atoms with Gasteiger partial charge >= 0.3 is 11.9 Å². The van der Waals surface area contributed by atoms with Crippen molar-refractivity contribution in [2.75, 3.05) is 39.9 Å². The molecule has 14 nitrogen and oxygen atoms in total. The van der Waals surface area contributed by atoms with Crippen LogP contribution in [-0.2, 0) is 32.7 Å². The average Bonchev–Trinajstić information content (AvgIpc) is 3.82. The summed E-state index contributed by atoms with van der Waals surface area (Å²) in [6, 6.07) is 6.82. The van der Waals surface area contributed by atoms with E-state index in [4.69, 9.17) is 28.1 Å². The van der Waals surface area contributed by atoms with Crippen molar-refractivity contribution in [3.8, 4) is 28.7 Å². The molecule has 15 heteroatoms. The molecule has 3 aromatic carbocycles. The number of aliphatic hydroxyl groups is 2. The molecule has 7 aliphatic rings. The lowest BCUT2D eigenvalue weighted by Gasteiger charge is -2.62. The summed E-state index contributed by atoms with van der Waals surface area (Å²) < 4.78 is 37.1. The van der Waals surface area contributed by atoms with Crippen LogP contribution in [0.3, 0.4) is 0 Å². The van der Waals surface area contributed by atoms with E-state index in [1.54, 1.807) is 0 Å². The number of nitrogens with zero attached hydrogens (tertiary/aromatic N) is 2. The minimum Gasteiger partial charge on any atom is -0.504 e. The van der Waals surface area contributed by atoms with Crippen LogP contribution in [0, 0.1) is 13.8 Å². The molecule has 7 aliphatic heterocycles. The molecule has 0 radical (unpaired) electrons. The van der Waals surface area contributed by atoms with Gasteiger partial charge in [0, 0.05) is 58.0 Å². The van der Waals surface area contributed by atoms with Crippen molar-refractivity contribution in [1.82, 2.24) is 15.1 Å². The van der Waals surface area contributed by atoms with E-state index in [9.17, 15) is 24.9 Å². The quantitative estimate of drug-likeness (QED) is 0.175. The molecule has 294 valence electrons. The lowest BCUT2D eigenvalue weighted by atomic mass is 9.73. The maximum absolute atomic E-state index is 14.9. The van der Waals surface area contributed by atoms with Gasteiger partial charge in [-0.2, -0.15) is 0 Å². The van der Waals surface area contributed by atoms with E-state index in [1.807, 2.05) is 56.1 Å². The second-order valence-electron chi connectivity index (χ2n) is 15.7. The number of para-hydroxylation sites is 1. The predicted molar refractivity (Wildman–Crippen MR) is 202 cm³/mol. The number of phenolic OH excluding ortho intramolecular Hbond substituents is 1. The Morgan fingerprint density at radius 2 is 1.88 bits per heavy atom. The summed E-state index contributed by atoms with van der Waals surface area (Å²) in [7, 11) is 3.49. The summed E-state index contributed by atoms with van der Waals surface area (Å²) in [5.74, 6) is 0.970. The molecule has 56 heavy (non-hydrogen) atoms. The van der Waals surface area contributed by atoms with Crippen molar-refractivity contribution < 1.29 is 53.0 Å². The first-order valence-corrected chi connectivity index (χ1v) is 19.9. The third-order valence-electron chi connectivity index (χ3n) is 12.8. The SMILES string of the molecule is COc1c(C)cc2c(c1O)[C@@H]1[C@@H]3[C@@H]4SC[C@]5(NC(CO)Cc6c5oc5ccccc65)C(=O)OC[C@@H](c5c6c(c(C)c(OC(C)=O)c54)OCO6)N3[C@@H](O)[C@H](C2)N1C. The molecular weight excluding hydrogens is 743 g/mol. The Kier molecular flexibility index (Phi) is 8.17. The maximum Gasteiger partial charge on any atom is 0.335 e. The Labute approximate surface area is 326 Å². The molecule has 0 aliphatic carbocycles. The standard InChI is InChI=1S/C41H43N3O11S/c1-17-10-20-11-24-39(48)44-25-14-51-40(49)41(38-23(12-21(13-45)42-41)22-8-6-7-9-26(22)55-38)15-56-37(31(44)30(43(24)4)27(20)32(47)33(17)50-5)29-28(25)36-35(52-16-53-36)18(2)34(29)54-19(3)46/h6-10,21,24-25,30-31,37,39,42,45,47-48H,11-16H2,1-5H3/t21?,24-,25-,30+,31+,37+,39-,41+/m0/s1. The lowest BCUT2D eigenvalue weighted by Crippen LogP contribution is -2.70. The fourth-order valence-corrected chi connectivity index (χ4v) is 12.2. The number of likely N-dealkylation sites (N-methyl/N-ethyl adjacent to an activating group) is 1. The molecule has 2 saturated heterocycles. The Morgan fingerprint density at radius 1 is 1.09 bits per heavy atom. The second kappa shape index (κ2) is 12.7. The number of benzene rings is 3. The van der Waals surface area contributed by atoms with Crippen LogP contribution in [0.4, 0.5) is 0 Å². The number of nitrogens with one attached hydrogen (secondary N) is 1. The molecule has 2 fully saturated rings. The fraction of sp³-hybridized carbons (Fsp3) is 0.463. The first-order chi connectivity index (χ1) is 27.0. The number of phenols is 1. The number of aryl methyl sites for hydroxylation is 1. The van der Waals surface area contributed by atoms with E-state index in [2.05, 4.69) is 10.2 Å². The highest BCUT2D eigenvalue weighted by atomic mass is 32.2. The highest BCUT2D eigenvalue weighted by Crippen LogP contribution is 2.64. The highest BCUT2D eigenvalue weighted by Gasteiger charge is 2.62. The largest absolute Gasteiger partial charge is 0.504 e. The van der Waals surface area contributed by atoms with Crippen LogP contribution in [0.1, 0.15) is 69.0 Å². The van der Waals surface area contributed by atoms with Crippen molar-refractivity contribution in [1.29, 1.82) is 0 Å². The Morgan fingerprint density at radius 3 is 2.64 bits per heavy atom. The van der Waals surface area contributed by atoms with Crippen molar-refractivity contribution in [3.63, 3.8) is 0 Å². The Balaban J connectivity index is 1.25. The molecule has 11 rings (SSSR count). The third-order valence-corrected chi connectivity index (χ3v) is 14.3. The summed E-state index contributed by atoms with van der Waals surface area (Å²) in [6.07, 6.45) is -0.181. The number of aromatic hydroxyl groups is 1. The first kappa shape index (κ1) is 35.9. The van der Waals surface area contributed by atoms with E-state index in [1.165, 1.54) is 25.8 Å². The van der Waals surface area contributed by atoms with Gasteiger partial charge in [0.2, 0.25) is 6.79 Å². The van der Waals surface area contributed by atoms with Crippen LogP contribution < -0.4 is 24.3 Å². The zero-order valence-electron chi connectivity index (χ0n) is 31.6. The number of hydrogen-bond donors (Lipinski definition) is 4. The van der Waals surface area contributed by atoms with Crippen molar-refractivity contribution in [3.05, 3.63) is 75.0 Å². The molecule has 4 aromatic rings. The number of esters is 2. The number of methoxy groups -OCH3 is 1. The first-order valence-electron chi connectivity index (χ1n) is 18.9. The van der Waals surface area contributed by atoms with E-state index in [0.29, 0.717) is 69.4 Å². The molecule has 8 heterocycles. The zero-order valence-corrected chi connectivity index (χ0v) is 32.4. The van der Waals surface area contributed by atoms with Crippen LogP contribution in [0.2, 0.25) is 0 Å². The highest BCUT2D eigenvalue weighted by molar-refractivity contribution is 7.99. The topological polar surface area (TPSA) is 173 Å².